The number of hydrogen-bond donors (Lipinski definition) is 0. The number of rotatable bonds is 4. The summed E-state index contributed by atoms with van der Waals surface area (Å²) in [6.45, 7) is 0. The van der Waals surface area contributed by atoms with E-state index in [4.69, 9.17) is 9.47 Å². The van der Waals surface area contributed by atoms with Crippen LogP contribution in [0.3, 0.4) is 0 Å². The third-order valence-electron chi connectivity index (χ3n) is 7.75. The lowest BCUT2D eigenvalue weighted by Crippen LogP contribution is -2.35. The normalized spacial score (nSPS) is 31.9. The Morgan fingerprint density at radius 1 is 0.613 bits per heavy atom. The van der Waals surface area contributed by atoms with E-state index in [1.54, 1.807) is 24.3 Å². The molecule has 0 bridgehead atoms. The van der Waals surface area contributed by atoms with Gasteiger partial charge in [0.2, 0.25) is 0 Å². The second-order valence-electron chi connectivity index (χ2n) is 9.45. The number of hydrogen-bond acceptors (Lipinski definition) is 4. The molecule has 31 heavy (non-hydrogen) atoms. The van der Waals surface area contributed by atoms with Gasteiger partial charge < -0.3 is 9.47 Å². The van der Waals surface area contributed by atoms with Crippen LogP contribution in [0.25, 0.3) is 0 Å². The summed E-state index contributed by atoms with van der Waals surface area (Å²) in [6, 6.07) is 18.2. The maximum atomic E-state index is 12.9. The van der Waals surface area contributed by atoms with Crippen LogP contribution in [0, 0.1) is 23.7 Å². The van der Waals surface area contributed by atoms with Crippen molar-refractivity contribution < 1.29 is 19.1 Å². The Bertz CT molecular complexity index is 909. The van der Waals surface area contributed by atoms with Crippen LogP contribution in [0.1, 0.15) is 65.7 Å². The zero-order valence-electron chi connectivity index (χ0n) is 17.8. The molecular weight excluding hydrogens is 388 g/mol. The maximum Gasteiger partial charge on any atom is 0.338 e. The molecule has 4 nitrogen and oxygen atoms in total. The molecule has 0 spiro atoms. The highest BCUT2D eigenvalue weighted by molar-refractivity contribution is 5.90. The van der Waals surface area contributed by atoms with Gasteiger partial charge in [0.05, 0.1) is 11.1 Å². The standard InChI is InChI=1S/C27H30O4/c28-26(18-8-3-1-4-9-18)30-24-15-14-23-21(16-20-12-7-13-22(20)23)17-25(24)31-27(29)19-10-5-2-6-11-19/h1-6,8-11,20-25H,7,12-17H2. The van der Waals surface area contributed by atoms with E-state index in [9.17, 15) is 9.59 Å². The molecule has 0 saturated heterocycles. The molecule has 3 fully saturated rings. The third kappa shape index (κ3) is 4.26. The van der Waals surface area contributed by atoms with E-state index in [-0.39, 0.29) is 11.9 Å². The number of esters is 2. The summed E-state index contributed by atoms with van der Waals surface area (Å²) in [6.07, 6.45) is 7.06. The Kier molecular flexibility index (Phi) is 5.80. The summed E-state index contributed by atoms with van der Waals surface area (Å²) in [4.78, 5) is 25.6. The van der Waals surface area contributed by atoms with E-state index in [0.717, 1.165) is 31.1 Å². The van der Waals surface area contributed by atoms with Crippen molar-refractivity contribution >= 4 is 11.9 Å². The van der Waals surface area contributed by atoms with E-state index in [1.165, 1.54) is 25.7 Å². The minimum absolute atomic E-state index is 0.331. The molecule has 162 valence electrons. The summed E-state index contributed by atoms with van der Waals surface area (Å²) in [7, 11) is 0. The number of benzene rings is 2. The molecule has 5 rings (SSSR count). The van der Waals surface area contributed by atoms with Crippen LogP contribution in [-0.4, -0.2) is 24.1 Å². The van der Waals surface area contributed by atoms with Crippen molar-refractivity contribution in [2.24, 2.45) is 23.7 Å². The van der Waals surface area contributed by atoms with Crippen LogP contribution in [0.15, 0.2) is 60.7 Å². The summed E-state index contributed by atoms with van der Waals surface area (Å²) >= 11 is 0. The molecule has 3 aliphatic rings. The average molecular weight is 419 g/mol. The lowest BCUT2D eigenvalue weighted by atomic mass is 9.84. The molecule has 0 aliphatic heterocycles. The Morgan fingerprint density at radius 3 is 1.84 bits per heavy atom. The van der Waals surface area contributed by atoms with Gasteiger partial charge >= 0.3 is 11.9 Å². The van der Waals surface area contributed by atoms with Gasteiger partial charge in [-0.05, 0) is 80.0 Å². The minimum Gasteiger partial charge on any atom is -0.455 e. The molecular formula is C27H30O4. The van der Waals surface area contributed by atoms with Crippen LogP contribution in [-0.2, 0) is 9.47 Å². The molecule has 2 aromatic rings. The second kappa shape index (κ2) is 8.86. The van der Waals surface area contributed by atoms with Gasteiger partial charge in [-0.25, -0.2) is 9.59 Å². The van der Waals surface area contributed by atoms with Crippen LogP contribution < -0.4 is 0 Å². The summed E-state index contributed by atoms with van der Waals surface area (Å²) in [5.41, 5.74) is 1.08. The predicted octanol–water partition coefficient (Wildman–Crippen LogP) is 5.67. The molecule has 3 saturated carbocycles. The second-order valence-corrected chi connectivity index (χ2v) is 9.45. The van der Waals surface area contributed by atoms with Crippen LogP contribution in [0.5, 0.6) is 0 Å². The highest BCUT2D eigenvalue weighted by Gasteiger charge is 2.49. The molecule has 2 aromatic carbocycles. The number of ether oxygens (including phenoxy) is 2. The van der Waals surface area contributed by atoms with Crippen molar-refractivity contribution in [3.05, 3.63) is 71.8 Å². The van der Waals surface area contributed by atoms with Gasteiger partial charge in [-0.3, -0.25) is 0 Å². The summed E-state index contributed by atoms with van der Waals surface area (Å²) in [5.74, 6) is 2.21. The zero-order chi connectivity index (χ0) is 21.2. The van der Waals surface area contributed by atoms with E-state index in [2.05, 4.69) is 0 Å². The summed E-state index contributed by atoms with van der Waals surface area (Å²) < 4.78 is 12.0. The lowest BCUT2D eigenvalue weighted by molar-refractivity contribution is -0.0411. The Hall–Kier alpha value is -2.62. The van der Waals surface area contributed by atoms with Gasteiger partial charge in [-0.15, -0.1) is 0 Å². The highest BCUT2D eigenvalue weighted by Crippen LogP contribution is 2.55. The first-order valence-electron chi connectivity index (χ1n) is 11.7. The van der Waals surface area contributed by atoms with Gasteiger partial charge in [0.25, 0.3) is 0 Å². The van der Waals surface area contributed by atoms with Crippen LogP contribution in [0.2, 0.25) is 0 Å². The van der Waals surface area contributed by atoms with E-state index >= 15 is 0 Å². The average Bonchev–Trinajstić information content (AvgIpc) is 3.34. The van der Waals surface area contributed by atoms with Crippen molar-refractivity contribution in [1.82, 2.24) is 0 Å². The van der Waals surface area contributed by atoms with Gasteiger partial charge in [-0.1, -0.05) is 49.2 Å². The highest BCUT2D eigenvalue weighted by atomic mass is 16.6. The largest absolute Gasteiger partial charge is 0.455 e. The number of carbonyl (C=O) groups excluding carboxylic acids is 2. The quantitative estimate of drug-likeness (QED) is 0.600. The maximum absolute atomic E-state index is 12.9. The first-order valence-corrected chi connectivity index (χ1v) is 11.7. The monoisotopic (exact) mass is 418 g/mol. The smallest absolute Gasteiger partial charge is 0.338 e. The van der Waals surface area contributed by atoms with Gasteiger partial charge in [-0.2, -0.15) is 0 Å². The Morgan fingerprint density at radius 2 is 1.19 bits per heavy atom. The van der Waals surface area contributed by atoms with Crippen LogP contribution >= 0.6 is 0 Å². The third-order valence-corrected chi connectivity index (χ3v) is 7.75. The molecule has 6 unspecified atom stereocenters. The van der Waals surface area contributed by atoms with E-state index in [1.807, 2.05) is 36.4 Å². The van der Waals surface area contributed by atoms with E-state index < -0.39 is 12.2 Å². The zero-order valence-corrected chi connectivity index (χ0v) is 17.8. The topological polar surface area (TPSA) is 52.6 Å². The van der Waals surface area contributed by atoms with Crippen molar-refractivity contribution in [1.29, 1.82) is 0 Å². The van der Waals surface area contributed by atoms with Gasteiger partial charge in [0.1, 0.15) is 12.2 Å². The van der Waals surface area contributed by atoms with Crippen molar-refractivity contribution in [2.75, 3.05) is 0 Å². The molecule has 4 heteroatoms. The first-order chi connectivity index (χ1) is 15.2. The lowest BCUT2D eigenvalue weighted by Gasteiger charge is -2.27. The molecule has 3 aliphatic carbocycles. The van der Waals surface area contributed by atoms with Gasteiger partial charge in [0.15, 0.2) is 0 Å². The predicted molar refractivity (Wildman–Crippen MR) is 118 cm³/mol. The number of carbonyl (C=O) groups is 2. The Balaban J connectivity index is 1.36. The molecule has 0 radical (unpaired) electrons. The van der Waals surface area contributed by atoms with Crippen molar-refractivity contribution in [3.8, 4) is 0 Å². The van der Waals surface area contributed by atoms with E-state index in [0.29, 0.717) is 23.0 Å². The summed E-state index contributed by atoms with van der Waals surface area (Å²) in [5, 5.41) is 0. The molecule has 6 atom stereocenters. The molecule has 0 aromatic heterocycles. The fourth-order valence-electron chi connectivity index (χ4n) is 6.37. The minimum atomic E-state index is -0.397. The number of fused-ring (bicyclic) bond motifs is 3. The molecule has 0 heterocycles. The Labute approximate surface area is 183 Å². The fraction of sp³-hybridized carbons (Fsp3) is 0.481. The first kappa shape index (κ1) is 20.3. The van der Waals surface area contributed by atoms with Crippen molar-refractivity contribution in [2.45, 2.75) is 57.2 Å². The van der Waals surface area contributed by atoms with Gasteiger partial charge in [0, 0.05) is 0 Å². The molecule has 0 amide bonds. The van der Waals surface area contributed by atoms with Crippen LogP contribution in [0.4, 0.5) is 0 Å². The van der Waals surface area contributed by atoms with Crippen molar-refractivity contribution in [3.63, 3.8) is 0 Å². The fourth-order valence-corrected chi connectivity index (χ4v) is 6.37. The SMILES string of the molecule is O=C(OC1CCC2C(CC3CCCC32)CC1OC(=O)c1ccccc1)c1ccccc1. The molecule has 0 N–H and O–H groups in total.